The molecule has 0 spiro atoms. The number of benzene rings is 2. The monoisotopic (exact) mass is 323 g/mol. The molecule has 2 aromatic rings. The highest BCUT2D eigenvalue weighted by Gasteiger charge is 2.39. The Morgan fingerprint density at radius 2 is 1.96 bits per heavy atom. The summed E-state index contributed by atoms with van der Waals surface area (Å²) in [4.78, 5) is 13.0. The minimum atomic E-state index is -0.180. The highest BCUT2D eigenvalue weighted by atomic mass is 35.5. The Bertz CT molecular complexity index is 768. The molecule has 0 radical (unpaired) electrons. The number of nitrogens with one attached hydrogen (secondary N) is 1. The SMILES string of the molecule is O=C(c1ccccc1)[C@H]1Nc2ccc(Cl)cc2[C@@H]2C=CCC[C@H]12. The fourth-order valence-corrected chi connectivity index (χ4v) is 4.00. The fourth-order valence-electron chi connectivity index (χ4n) is 3.82. The summed E-state index contributed by atoms with van der Waals surface area (Å²) in [6, 6.07) is 15.3. The summed E-state index contributed by atoms with van der Waals surface area (Å²) in [5.74, 6) is 0.714. The zero-order valence-electron chi connectivity index (χ0n) is 12.7. The molecule has 23 heavy (non-hydrogen) atoms. The van der Waals surface area contributed by atoms with Crippen molar-refractivity contribution in [1.82, 2.24) is 0 Å². The molecule has 116 valence electrons. The van der Waals surface area contributed by atoms with Crippen LogP contribution < -0.4 is 5.32 Å². The number of halogens is 1. The number of Topliss-reactive ketones (excluding diaryl/α,β-unsaturated/α-hetero) is 1. The molecule has 2 aliphatic rings. The second-order valence-electron chi connectivity index (χ2n) is 6.28. The molecule has 1 aliphatic heterocycles. The van der Waals surface area contributed by atoms with E-state index in [1.54, 1.807) is 0 Å². The van der Waals surface area contributed by atoms with E-state index in [4.69, 9.17) is 11.6 Å². The fraction of sp³-hybridized carbons (Fsp3) is 0.250. The Labute approximate surface area is 141 Å². The lowest BCUT2D eigenvalue weighted by Crippen LogP contribution is -2.44. The topological polar surface area (TPSA) is 29.1 Å². The minimum absolute atomic E-state index is 0.177. The second kappa shape index (κ2) is 5.86. The lowest BCUT2D eigenvalue weighted by molar-refractivity contribution is 0.0930. The van der Waals surface area contributed by atoms with E-state index in [1.165, 1.54) is 5.56 Å². The Morgan fingerprint density at radius 3 is 2.78 bits per heavy atom. The molecule has 0 fully saturated rings. The first kappa shape index (κ1) is 14.5. The van der Waals surface area contributed by atoms with Gasteiger partial charge in [-0.15, -0.1) is 0 Å². The van der Waals surface area contributed by atoms with Gasteiger partial charge in [-0.25, -0.2) is 0 Å². The van der Waals surface area contributed by atoms with Crippen molar-refractivity contribution >= 4 is 23.1 Å². The van der Waals surface area contributed by atoms with Crippen LogP contribution in [0, 0.1) is 5.92 Å². The third kappa shape index (κ3) is 2.57. The van der Waals surface area contributed by atoms with Gasteiger partial charge in [-0.3, -0.25) is 4.79 Å². The van der Waals surface area contributed by atoms with Crippen molar-refractivity contribution in [2.45, 2.75) is 24.8 Å². The number of ketones is 1. The first-order valence-electron chi connectivity index (χ1n) is 8.06. The molecule has 1 heterocycles. The van der Waals surface area contributed by atoms with Gasteiger partial charge in [-0.2, -0.15) is 0 Å². The van der Waals surface area contributed by atoms with Crippen molar-refractivity contribution in [3.05, 3.63) is 76.8 Å². The zero-order chi connectivity index (χ0) is 15.8. The molecule has 0 unspecified atom stereocenters. The van der Waals surface area contributed by atoms with Gasteiger partial charge in [-0.1, -0.05) is 54.1 Å². The van der Waals surface area contributed by atoms with E-state index in [0.717, 1.165) is 29.1 Å². The highest BCUT2D eigenvalue weighted by Crippen LogP contribution is 2.45. The van der Waals surface area contributed by atoms with Crippen LogP contribution in [-0.4, -0.2) is 11.8 Å². The van der Waals surface area contributed by atoms with Crippen LogP contribution in [0.3, 0.4) is 0 Å². The number of carbonyl (C=O) groups is 1. The minimum Gasteiger partial charge on any atom is -0.374 e. The molecule has 1 N–H and O–H groups in total. The average Bonchev–Trinajstić information content (AvgIpc) is 2.61. The van der Waals surface area contributed by atoms with Crippen molar-refractivity contribution in [3.63, 3.8) is 0 Å². The van der Waals surface area contributed by atoms with Crippen molar-refractivity contribution in [2.24, 2.45) is 5.92 Å². The van der Waals surface area contributed by atoms with E-state index in [1.807, 2.05) is 48.5 Å². The molecule has 4 rings (SSSR count). The van der Waals surface area contributed by atoms with E-state index in [0.29, 0.717) is 0 Å². The largest absolute Gasteiger partial charge is 0.374 e. The van der Waals surface area contributed by atoms with Gasteiger partial charge in [-0.05, 0) is 42.5 Å². The summed E-state index contributed by atoms with van der Waals surface area (Å²) in [6.07, 6.45) is 6.51. The maximum absolute atomic E-state index is 13.0. The Balaban J connectivity index is 1.76. The van der Waals surface area contributed by atoms with Crippen molar-refractivity contribution in [1.29, 1.82) is 0 Å². The number of rotatable bonds is 2. The maximum atomic E-state index is 13.0. The zero-order valence-corrected chi connectivity index (χ0v) is 13.5. The Morgan fingerprint density at radius 1 is 1.13 bits per heavy atom. The van der Waals surface area contributed by atoms with Crippen molar-refractivity contribution in [2.75, 3.05) is 5.32 Å². The first-order chi connectivity index (χ1) is 11.2. The van der Waals surface area contributed by atoms with Crippen LogP contribution in [0.4, 0.5) is 5.69 Å². The highest BCUT2D eigenvalue weighted by molar-refractivity contribution is 6.30. The van der Waals surface area contributed by atoms with E-state index < -0.39 is 0 Å². The lowest BCUT2D eigenvalue weighted by atomic mass is 9.71. The Hall–Kier alpha value is -2.06. The van der Waals surface area contributed by atoms with Gasteiger partial charge in [0.25, 0.3) is 0 Å². The van der Waals surface area contributed by atoms with Crippen LogP contribution in [0.2, 0.25) is 5.02 Å². The molecule has 2 aromatic carbocycles. The van der Waals surface area contributed by atoms with Crippen LogP contribution >= 0.6 is 11.6 Å². The molecule has 0 saturated carbocycles. The number of hydrogen-bond donors (Lipinski definition) is 1. The smallest absolute Gasteiger partial charge is 0.185 e. The number of allylic oxidation sites excluding steroid dienone is 2. The molecular weight excluding hydrogens is 306 g/mol. The number of anilines is 1. The van der Waals surface area contributed by atoms with Gasteiger partial charge < -0.3 is 5.32 Å². The summed E-state index contributed by atoms with van der Waals surface area (Å²) >= 11 is 6.18. The van der Waals surface area contributed by atoms with Crippen LogP contribution in [-0.2, 0) is 0 Å². The van der Waals surface area contributed by atoms with Gasteiger partial charge in [0.2, 0.25) is 0 Å². The molecule has 0 amide bonds. The summed E-state index contributed by atoms with van der Waals surface area (Å²) < 4.78 is 0. The van der Waals surface area contributed by atoms with Crippen LogP contribution in [0.15, 0.2) is 60.7 Å². The van der Waals surface area contributed by atoms with Gasteiger partial charge >= 0.3 is 0 Å². The summed E-state index contributed by atoms with van der Waals surface area (Å²) in [5.41, 5.74) is 3.00. The average molecular weight is 324 g/mol. The second-order valence-corrected chi connectivity index (χ2v) is 6.72. The molecule has 3 atom stereocenters. The van der Waals surface area contributed by atoms with Crippen molar-refractivity contribution < 1.29 is 4.79 Å². The molecule has 1 aliphatic carbocycles. The molecule has 2 nitrogen and oxygen atoms in total. The van der Waals surface area contributed by atoms with E-state index >= 15 is 0 Å². The quantitative estimate of drug-likeness (QED) is 0.617. The third-order valence-electron chi connectivity index (χ3n) is 4.92. The molecule has 0 bridgehead atoms. The van der Waals surface area contributed by atoms with E-state index in [9.17, 15) is 4.79 Å². The van der Waals surface area contributed by atoms with E-state index in [-0.39, 0.29) is 23.7 Å². The third-order valence-corrected chi connectivity index (χ3v) is 5.16. The van der Waals surface area contributed by atoms with Crippen LogP contribution in [0.5, 0.6) is 0 Å². The summed E-state index contributed by atoms with van der Waals surface area (Å²) in [7, 11) is 0. The molecule has 0 aromatic heterocycles. The number of hydrogen-bond acceptors (Lipinski definition) is 2. The molecular formula is C20H18ClNO. The number of fused-ring (bicyclic) bond motifs is 3. The standard InChI is InChI=1S/C20H18ClNO/c21-14-10-11-18-17(12-14)15-8-4-5-9-16(15)19(22-18)20(23)13-6-2-1-3-7-13/h1-4,6-8,10-12,15-16,19,22H,5,9H2/t15-,16+,19+/m1/s1. The first-order valence-corrected chi connectivity index (χ1v) is 8.44. The summed E-state index contributed by atoms with van der Waals surface area (Å²) in [6.45, 7) is 0. The lowest BCUT2D eigenvalue weighted by Gasteiger charge is -2.40. The van der Waals surface area contributed by atoms with Gasteiger partial charge in [0.15, 0.2) is 5.78 Å². The van der Waals surface area contributed by atoms with Gasteiger partial charge in [0.05, 0.1) is 6.04 Å². The van der Waals surface area contributed by atoms with E-state index in [2.05, 4.69) is 17.5 Å². The summed E-state index contributed by atoms with van der Waals surface area (Å²) in [5, 5.41) is 4.23. The molecule has 3 heteroatoms. The predicted molar refractivity (Wildman–Crippen MR) is 94.2 cm³/mol. The normalized spacial score (nSPS) is 25.2. The van der Waals surface area contributed by atoms with Gasteiger partial charge in [0, 0.05) is 22.2 Å². The maximum Gasteiger partial charge on any atom is 0.185 e. The van der Waals surface area contributed by atoms with Crippen LogP contribution in [0.25, 0.3) is 0 Å². The van der Waals surface area contributed by atoms with Crippen LogP contribution in [0.1, 0.15) is 34.7 Å². The van der Waals surface area contributed by atoms with Crippen molar-refractivity contribution in [3.8, 4) is 0 Å². The number of carbonyl (C=O) groups excluding carboxylic acids is 1. The predicted octanol–water partition coefficient (Wildman–Crippen LogP) is 5.07. The molecule has 0 saturated heterocycles. The Kier molecular flexibility index (Phi) is 3.70. The van der Waals surface area contributed by atoms with Gasteiger partial charge in [0.1, 0.15) is 0 Å².